The van der Waals surface area contributed by atoms with Crippen LogP contribution in [0.25, 0.3) is 0 Å². The van der Waals surface area contributed by atoms with Gasteiger partial charge in [-0.2, -0.15) is 0 Å². The number of nitrogens with zero attached hydrogens (tertiary/aromatic N) is 2. The number of hydrogen-bond donors (Lipinski definition) is 1. The molecule has 2 aliphatic rings. The number of hydrogen-bond acceptors (Lipinski definition) is 4. The van der Waals surface area contributed by atoms with E-state index in [0.717, 1.165) is 24.0 Å². The average Bonchev–Trinajstić information content (AvgIpc) is 3.18. The summed E-state index contributed by atoms with van der Waals surface area (Å²) in [5.41, 5.74) is 2.47. The van der Waals surface area contributed by atoms with Gasteiger partial charge in [0.2, 0.25) is 11.8 Å². The number of amides is 3. The Labute approximate surface area is 205 Å². The van der Waals surface area contributed by atoms with E-state index in [1.807, 2.05) is 23.1 Å². The SMILES string of the molecule is COCC(=O)N(C)[C@H](Cc1ccc(F)cc1)C1CCN(C(=O)C[C@H]2NC(=O)c3ccccc32)CC1. The van der Waals surface area contributed by atoms with Crippen LogP contribution >= 0.6 is 0 Å². The van der Waals surface area contributed by atoms with Gasteiger partial charge in [-0.1, -0.05) is 30.3 Å². The molecule has 0 unspecified atom stereocenters. The molecule has 0 radical (unpaired) electrons. The van der Waals surface area contributed by atoms with Crippen LogP contribution in [0.4, 0.5) is 4.39 Å². The molecule has 2 aliphatic heterocycles. The van der Waals surface area contributed by atoms with Crippen LogP contribution in [0.1, 0.15) is 46.8 Å². The number of carbonyl (C=O) groups is 3. The molecular formula is C27H32FN3O4. The van der Waals surface area contributed by atoms with Gasteiger partial charge >= 0.3 is 0 Å². The molecule has 0 saturated carbocycles. The van der Waals surface area contributed by atoms with E-state index < -0.39 is 0 Å². The lowest BCUT2D eigenvalue weighted by atomic mass is 9.84. The van der Waals surface area contributed by atoms with E-state index in [1.165, 1.54) is 19.2 Å². The second-order valence-electron chi connectivity index (χ2n) is 9.37. The summed E-state index contributed by atoms with van der Waals surface area (Å²) >= 11 is 0. The zero-order chi connectivity index (χ0) is 24.9. The Balaban J connectivity index is 1.39. The first kappa shape index (κ1) is 24.9. The van der Waals surface area contributed by atoms with Gasteiger partial charge in [-0.15, -0.1) is 0 Å². The number of nitrogens with one attached hydrogen (secondary N) is 1. The lowest BCUT2D eigenvalue weighted by Crippen LogP contribution is -2.49. The second kappa shape index (κ2) is 11.0. The molecule has 2 aromatic rings. The van der Waals surface area contributed by atoms with E-state index in [-0.39, 0.29) is 54.6 Å². The molecule has 2 aromatic carbocycles. The molecule has 35 heavy (non-hydrogen) atoms. The molecule has 3 amide bonds. The van der Waals surface area contributed by atoms with Crippen molar-refractivity contribution in [3.05, 3.63) is 71.0 Å². The average molecular weight is 482 g/mol. The third kappa shape index (κ3) is 5.70. The number of benzene rings is 2. The molecule has 0 bridgehead atoms. The van der Waals surface area contributed by atoms with Crippen LogP contribution in [0.5, 0.6) is 0 Å². The molecular weight excluding hydrogens is 449 g/mol. The minimum absolute atomic E-state index is 0.00231. The molecule has 2 atom stereocenters. The molecule has 186 valence electrons. The number of rotatable bonds is 8. The van der Waals surface area contributed by atoms with E-state index in [1.54, 1.807) is 30.1 Å². The molecule has 1 saturated heterocycles. The van der Waals surface area contributed by atoms with E-state index in [4.69, 9.17) is 4.74 Å². The highest BCUT2D eigenvalue weighted by Crippen LogP contribution is 2.30. The molecule has 0 aliphatic carbocycles. The topological polar surface area (TPSA) is 79.0 Å². The van der Waals surface area contributed by atoms with Crippen molar-refractivity contribution in [2.45, 2.75) is 37.8 Å². The number of carbonyl (C=O) groups excluding carboxylic acids is 3. The van der Waals surface area contributed by atoms with E-state index >= 15 is 0 Å². The summed E-state index contributed by atoms with van der Waals surface area (Å²) in [7, 11) is 3.28. The van der Waals surface area contributed by atoms with Gasteiger partial charge < -0.3 is 19.9 Å². The Morgan fingerprint density at radius 1 is 1.14 bits per heavy atom. The minimum atomic E-state index is -0.298. The van der Waals surface area contributed by atoms with E-state index in [0.29, 0.717) is 25.1 Å². The molecule has 8 heteroatoms. The Morgan fingerprint density at radius 2 is 1.83 bits per heavy atom. The van der Waals surface area contributed by atoms with Gasteiger partial charge in [0.25, 0.3) is 5.91 Å². The normalized spacial score (nSPS) is 18.7. The third-order valence-corrected chi connectivity index (χ3v) is 7.22. The fraction of sp³-hybridized carbons (Fsp3) is 0.444. The number of piperidine rings is 1. The lowest BCUT2D eigenvalue weighted by molar-refractivity contribution is -0.139. The predicted octanol–water partition coefficient (Wildman–Crippen LogP) is 2.96. The largest absolute Gasteiger partial charge is 0.375 e. The summed E-state index contributed by atoms with van der Waals surface area (Å²) in [6, 6.07) is 13.4. The zero-order valence-corrected chi connectivity index (χ0v) is 20.2. The van der Waals surface area contributed by atoms with Crippen molar-refractivity contribution in [1.82, 2.24) is 15.1 Å². The predicted molar refractivity (Wildman–Crippen MR) is 129 cm³/mol. The van der Waals surface area contributed by atoms with Crippen LogP contribution in [0.15, 0.2) is 48.5 Å². The summed E-state index contributed by atoms with van der Waals surface area (Å²) < 4.78 is 18.4. The molecule has 2 heterocycles. The first-order valence-electron chi connectivity index (χ1n) is 12.0. The number of methoxy groups -OCH3 is 1. The van der Waals surface area contributed by atoms with Crippen molar-refractivity contribution < 1.29 is 23.5 Å². The quantitative estimate of drug-likeness (QED) is 0.629. The van der Waals surface area contributed by atoms with Crippen molar-refractivity contribution in [2.75, 3.05) is 33.9 Å². The maximum atomic E-state index is 13.4. The smallest absolute Gasteiger partial charge is 0.252 e. The van der Waals surface area contributed by atoms with Crippen LogP contribution in [0.3, 0.4) is 0 Å². The van der Waals surface area contributed by atoms with Gasteiger partial charge in [0, 0.05) is 38.9 Å². The Kier molecular flexibility index (Phi) is 7.80. The van der Waals surface area contributed by atoms with Crippen molar-refractivity contribution in [3.8, 4) is 0 Å². The van der Waals surface area contributed by atoms with Crippen LogP contribution in [0.2, 0.25) is 0 Å². The van der Waals surface area contributed by atoms with Crippen LogP contribution in [0, 0.1) is 11.7 Å². The number of likely N-dealkylation sites (tertiary alicyclic amines) is 1. The third-order valence-electron chi connectivity index (χ3n) is 7.22. The minimum Gasteiger partial charge on any atom is -0.375 e. The van der Waals surface area contributed by atoms with Crippen molar-refractivity contribution >= 4 is 17.7 Å². The van der Waals surface area contributed by atoms with Gasteiger partial charge in [-0.25, -0.2) is 4.39 Å². The Bertz CT molecular complexity index is 1070. The van der Waals surface area contributed by atoms with Crippen LogP contribution in [-0.4, -0.2) is 67.4 Å². The van der Waals surface area contributed by atoms with E-state index in [2.05, 4.69) is 5.32 Å². The summed E-state index contributed by atoms with van der Waals surface area (Å²) in [5.74, 6) is -0.313. The van der Waals surface area contributed by atoms with Crippen molar-refractivity contribution in [2.24, 2.45) is 5.92 Å². The Morgan fingerprint density at radius 3 is 2.51 bits per heavy atom. The fourth-order valence-corrected chi connectivity index (χ4v) is 5.21. The maximum absolute atomic E-state index is 13.4. The molecule has 7 nitrogen and oxygen atoms in total. The summed E-state index contributed by atoms with van der Waals surface area (Å²) in [6.45, 7) is 1.19. The van der Waals surface area contributed by atoms with Gasteiger partial charge in [0.05, 0.1) is 12.5 Å². The van der Waals surface area contributed by atoms with Gasteiger partial charge in [-0.05, 0) is 54.5 Å². The van der Waals surface area contributed by atoms with Gasteiger partial charge in [-0.3, -0.25) is 14.4 Å². The summed E-state index contributed by atoms with van der Waals surface area (Å²) in [4.78, 5) is 41.4. The summed E-state index contributed by atoms with van der Waals surface area (Å²) in [5, 5.41) is 2.92. The molecule has 1 fully saturated rings. The van der Waals surface area contributed by atoms with Crippen molar-refractivity contribution in [3.63, 3.8) is 0 Å². The van der Waals surface area contributed by atoms with Gasteiger partial charge in [0.15, 0.2) is 0 Å². The van der Waals surface area contributed by atoms with Crippen LogP contribution in [-0.2, 0) is 20.7 Å². The fourth-order valence-electron chi connectivity index (χ4n) is 5.21. The maximum Gasteiger partial charge on any atom is 0.252 e. The van der Waals surface area contributed by atoms with Crippen LogP contribution < -0.4 is 5.32 Å². The number of likely N-dealkylation sites (N-methyl/N-ethyl adjacent to an activating group) is 1. The molecule has 0 spiro atoms. The highest BCUT2D eigenvalue weighted by atomic mass is 19.1. The molecule has 0 aromatic heterocycles. The monoisotopic (exact) mass is 481 g/mol. The van der Waals surface area contributed by atoms with Crippen molar-refractivity contribution in [1.29, 1.82) is 0 Å². The highest BCUT2D eigenvalue weighted by molar-refractivity contribution is 5.99. The molecule has 1 N–H and O–H groups in total. The first-order chi connectivity index (χ1) is 16.9. The second-order valence-corrected chi connectivity index (χ2v) is 9.37. The first-order valence-corrected chi connectivity index (χ1v) is 12.0. The van der Waals surface area contributed by atoms with E-state index in [9.17, 15) is 18.8 Å². The molecule has 4 rings (SSSR count). The summed E-state index contributed by atoms with van der Waals surface area (Å²) in [6.07, 6.45) is 2.36. The Hall–Kier alpha value is -3.26. The lowest BCUT2D eigenvalue weighted by Gasteiger charge is -2.40. The number of fused-ring (bicyclic) bond motifs is 1. The number of ether oxygens (including phenoxy) is 1. The standard InChI is InChI=1S/C27H32FN3O4/c1-30(26(33)17-35-2)24(15-18-7-9-20(28)10-8-18)19-11-13-31(14-12-19)25(32)16-23-21-5-3-4-6-22(21)27(34)29-23/h3-10,19,23-24H,11-17H2,1-2H3,(H,29,34)/t23-,24-/m1/s1. The highest BCUT2D eigenvalue weighted by Gasteiger charge is 2.35. The zero-order valence-electron chi connectivity index (χ0n) is 20.2. The number of halogens is 1. The van der Waals surface area contributed by atoms with Gasteiger partial charge in [0.1, 0.15) is 12.4 Å².